The van der Waals surface area contributed by atoms with E-state index in [1.165, 1.54) is 46.1 Å². The molecule has 2 fully saturated rings. The number of hydrogen-bond acceptors (Lipinski definition) is 3. The van der Waals surface area contributed by atoms with Gasteiger partial charge in [0.25, 0.3) is 0 Å². The number of aromatic nitrogens is 2. The number of benzene rings is 4. The van der Waals surface area contributed by atoms with Gasteiger partial charge >= 0.3 is 0 Å². The Morgan fingerprint density at radius 3 is 2.00 bits per heavy atom. The van der Waals surface area contributed by atoms with Gasteiger partial charge in [-0.3, -0.25) is 9.48 Å². The third-order valence-electron chi connectivity index (χ3n) is 8.77. The molecule has 7 rings (SSSR count). The Hall–Kier alpha value is -3.80. The predicted molar refractivity (Wildman–Crippen MR) is 171 cm³/mol. The van der Waals surface area contributed by atoms with Crippen LogP contribution in [0.25, 0.3) is 10.9 Å². The fourth-order valence-corrected chi connectivity index (χ4v) is 6.67. The summed E-state index contributed by atoms with van der Waals surface area (Å²) in [6.07, 6.45) is 4.37. The highest BCUT2D eigenvalue weighted by molar-refractivity contribution is 6.30. The van der Waals surface area contributed by atoms with E-state index in [1.807, 2.05) is 36.4 Å². The molecule has 42 heavy (non-hydrogen) atoms. The highest BCUT2D eigenvalue weighted by Crippen LogP contribution is 2.42. The summed E-state index contributed by atoms with van der Waals surface area (Å²) in [6, 6.07) is 31.3. The lowest BCUT2D eigenvalue weighted by Gasteiger charge is -2.33. The molecule has 0 radical (unpaired) electrons. The zero-order valence-corrected chi connectivity index (χ0v) is 24.7. The topological polar surface area (TPSA) is 64.2 Å². The molecule has 212 valence electrons. The van der Waals surface area contributed by atoms with Crippen molar-refractivity contribution >= 4 is 45.7 Å². The fraction of sp³-hybridized carbons (Fsp3) is 0.257. The molecular formula is C35H32Cl2N4O. The van der Waals surface area contributed by atoms with Gasteiger partial charge in [0.15, 0.2) is 0 Å². The lowest BCUT2D eigenvalue weighted by Crippen LogP contribution is -2.33. The van der Waals surface area contributed by atoms with Crippen molar-refractivity contribution in [1.29, 1.82) is 0 Å². The van der Waals surface area contributed by atoms with Gasteiger partial charge in [-0.25, -0.2) is 0 Å². The Labute approximate surface area is 255 Å². The van der Waals surface area contributed by atoms with Crippen molar-refractivity contribution in [3.63, 3.8) is 0 Å². The van der Waals surface area contributed by atoms with Crippen molar-refractivity contribution in [2.75, 3.05) is 18.0 Å². The zero-order chi connectivity index (χ0) is 28.8. The summed E-state index contributed by atoms with van der Waals surface area (Å²) in [6.45, 7) is 1.81. The quantitative estimate of drug-likeness (QED) is 0.192. The molecule has 0 unspecified atom stereocenters. The summed E-state index contributed by atoms with van der Waals surface area (Å²) in [7, 11) is 0. The molecule has 5 aromatic rings. The first-order valence-corrected chi connectivity index (χ1v) is 15.4. The molecule has 0 atom stereocenters. The second kappa shape index (κ2) is 11.1. The summed E-state index contributed by atoms with van der Waals surface area (Å²) >= 11 is 12.5. The molecule has 2 N–H and O–H groups in total. The van der Waals surface area contributed by atoms with E-state index in [4.69, 9.17) is 34.0 Å². The minimum Gasteiger partial charge on any atom is -0.371 e. The fourth-order valence-electron chi connectivity index (χ4n) is 6.42. The number of amides is 1. The number of hydrogen-bond donors (Lipinski definition) is 1. The van der Waals surface area contributed by atoms with E-state index >= 15 is 0 Å². The van der Waals surface area contributed by atoms with E-state index in [0.29, 0.717) is 17.5 Å². The molecule has 2 heterocycles. The van der Waals surface area contributed by atoms with E-state index in [-0.39, 0.29) is 5.92 Å². The second-order valence-corrected chi connectivity index (χ2v) is 12.4. The van der Waals surface area contributed by atoms with E-state index < -0.39 is 5.91 Å². The van der Waals surface area contributed by atoms with Gasteiger partial charge in [-0.1, -0.05) is 59.6 Å². The molecular weight excluding hydrogens is 563 g/mol. The van der Waals surface area contributed by atoms with Gasteiger partial charge in [0, 0.05) is 51.6 Å². The Bertz CT molecular complexity index is 1710. The maximum atomic E-state index is 11.7. The Kier molecular flexibility index (Phi) is 7.17. The molecule has 7 heteroatoms. The smallest absolute Gasteiger partial charge is 0.248 e. The summed E-state index contributed by atoms with van der Waals surface area (Å²) in [4.78, 5) is 14.1. The van der Waals surface area contributed by atoms with Gasteiger partial charge in [-0.05, 0) is 97.0 Å². The number of fused-ring (bicyclic) bond motifs is 1. The molecule has 1 aromatic heterocycles. The van der Waals surface area contributed by atoms with Crippen LogP contribution in [0, 0.1) is 0 Å². The van der Waals surface area contributed by atoms with E-state index in [1.54, 1.807) is 6.07 Å². The third kappa shape index (κ3) is 5.28. The Balaban J connectivity index is 1.25. The number of primary amides is 1. The van der Waals surface area contributed by atoms with Crippen LogP contribution in [0.2, 0.25) is 10.0 Å². The van der Waals surface area contributed by atoms with Crippen LogP contribution in [-0.2, 0) is 0 Å². The molecule has 5 nitrogen and oxygen atoms in total. The van der Waals surface area contributed by atoms with E-state index in [9.17, 15) is 4.79 Å². The first kappa shape index (κ1) is 27.1. The zero-order valence-electron chi connectivity index (χ0n) is 23.2. The van der Waals surface area contributed by atoms with Crippen molar-refractivity contribution < 1.29 is 4.79 Å². The summed E-state index contributed by atoms with van der Waals surface area (Å²) in [5.41, 5.74) is 13.2. The standard InChI is InChI=1S/C35H32Cl2N4O/c36-27-9-4-22(5-10-27)33(23-6-11-28(37)12-7-23)25-8-15-32-31(21-25)34(39-41(32)29-13-14-29)24-16-18-40(19-17-24)30-3-1-2-26(20-30)35(38)42/h1-12,15,20-21,24,29,33H,13-14,16-19H2,(H2,38,42). The van der Waals surface area contributed by atoms with Gasteiger partial charge in [0.2, 0.25) is 5.91 Å². The Morgan fingerprint density at radius 1 is 0.786 bits per heavy atom. The van der Waals surface area contributed by atoms with Crippen LogP contribution in [0.1, 0.15) is 76.3 Å². The van der Waals surface area contributed by atoms with Gasteiger partial charge in [-0.2, -0.15) is 5.10 Å². The first-order valence-electron chi connectivity index (χ1n) is 14.6. The molecule has 0 bridgehead atoms. The summed E-state index contributed by atoms with van der Waals surface area (Å²) in [5.74, 6) is 0.0124. The highest BCUT2D eigenvalue weighted by Gasteiger charge is 2.31. The van der Waals surface area contributed by atoms with Crippen LogP contribution in [0.4, 0.5) is 5.69 Å². The van der Waals surface area contributed by atoms with E-state index in [0.717, 1.165) is 41.7 Å². The largest absolute Gasteiger partial charge is 0.371 e. The molecule has 1 aliphatic heterocycles. The van der Waals surface area contributed by atoms with Crippen LogP contribution in [-0.4, -0.2) is 28.8 Å². The van der Waals surface area contributed by atoms with Crippen molar-refractivity contribution in [3.05, 3.63) is 129 Å². The number of carbonyl (C=O) groups excluding carboxylic acids is 1. The van der Waals surface area contributed by atoms with Gasteiger partial charge in [0.05, 0.1) is 17.3 Å². The van der Waals surface area contributed by atoms with Crippen LogP contribution in [0.3, 0.4) is 0 Å². The average molecular weight is 596 g/mol. The maximum Gasteiger partial charge on any atom is 0.248 e. The summed E-state index contributed by atoms with van der Waals surface area (Å²) in [5, 5.41) is 7.99. The number of nitrogens with two attached hydrogens (primary N) is 1. The predicted octanol–water partition coefficient (Wildman–Crippen LogP) is 8.34. The lowest BCUT2D eigenvalue weighted by atomic mass is 9.84. The number of piperidine rings is 1. The lowest BCUT2D eigenvalue weighted by molar-refractivity contribution is 0.100. The molecule has 4 aromatic carbocycles. The maximum absolute atomic E-state index is 11.7. The monoisotopic (exact) mass is 594 g/mol. The molecule has 1 aliphatic carbocycles. The number of halogens is 2. The molecule has 1 saturated carbocycles. The third-order valence-corrected chi connectivity index (χ3v) is 9.27. The molecule has 1 saturated heterocycles. The molecule has 1 amide bonds. The van der Waals surface area contributed by atoms with Crippen LogP contribution >= 0.6 is 23.2 Å². The number of anilines is 1. The van der Waals surface area contributed by atoms with Crippen molar-refractivity contribution in [1.82, 2.24) is 9.78 Å². The van der Waals surface area contributed by atoms with Gasteiger partial charge in [-0.15, -0.1) is 0 Å². The minimum atomic E-state index is -0.393. The highest BCUT2D eigenvalue weighted by atomic mass is 35.5. The molecule has 0 spiro atoms. The van der Waals surface area contributed by atoms with Crippen molar-refractivity contribution in [2.24, 2.45) is 5.73 Å². The van der Waals surface area contributed by atoms with Gasteiger partial charge < -0.3 is 10.6 Å². The SMILES string of the molecule is NC(=O)c1cccc(N2CCC(c3nn(C4CC4)c4ccc(C(c5ccc(Cl)cc5)c5ccc(Cl)cc5)cc34)CC2)c1. The van der Waals surface area contributed by atoms with Crippen molar-refractivity contribution in [2.45, 2.75) is 43.6 Å². The second-order valence-electron chi connectivity index (χ2n) is 11.5. The first-order chi connectivity index (χ1) is 20.4. The Morgan fingerprint density at radius 2 is 1.40 bits per heavy atom. The van der Waals surface area contributed by atoms with E-state index in [2.05, 4.69) is 58.1 Å². The van der Waals surface area contributed by atoms with Gasteiger partial charge in [0.1, 0.15) is 0 Å². The van der Waals surface area contributed by atoms with Crippen molar-refractivity contribution in [3.8, 4) is 0 Å². The van der Waals surface area contributed by atoms with Crippen LogP contribution in [0.5, 0.6) is 0 Å². The molecule has 2 aliphatic rings. The average Bonchev–Trinajstić information content (AvgIpc) is 3.79. The summed E-state index contributed by atoms with van der Waals surface area (Å²) < 4.78 is 2.27. The normalized spacial score (nSPS) is 15.9. The minimum absolute atomic E-state index is 0.0421. The van der Waals surface area contributed by atoms with Crippen LogP contribution in [0.15, 0.2) is 91.0 Å². The number of carbonyl (C=O) groups is 1. The van der Waals surface area contributed by atoms with Crippen LogP contribution < -0.4 is 10.6 Å². The number of rotatable bonds is 7. The number of nitrogens with zero attached hydrogens (tertiary/aromatic N) is 3.